The second kappa shape index (κ2) is 11.6. The number of amides is 2. The number of benzene rings is 1. The zero-order valence-electron chi connectivity index (χ0n) is 22.1. The third-order valence-corrected chi connectivity index (χ3v) is 8.86. The van der Waals surface area contributed by atoms with Gasteiger partial charge < -0.3 is 20.9 Å². The Morgan fingerprint density at radius 1 is 1.05 bits per heavy atom. The molecular weight excluding hydrogens is 462 g/mol. The van der Waals surface area contributed by atoms with Crippen LogP contribution in [0.2, 0.25) is 0 Å². The van der Waals surface area contributed by atoms with Crippen molar-refractivity contribution >= 4 is 17.6 Å². The van der Waals surface area contributed by atoms with Gasteiger partial charge in [-0.3, -0.25) is 9.59 Å². The molecule has 1 aromatic carbocycles. The molecule has 1 aliphatic carbocycles. The van der Waals surface area contributed by atoms with Crippen LogP contribution < -0.4 is 16.0 Å². The lowest BCUT2D eigenvalue weighted by atomic mass is 9.76. The smallest absolute Gasteiger partial charge is 0.234 e. The molecule has 1 aromatic heterocycles. The predicted molar refractivity (Wildman–Crippen MR) is 146 cm³/mol. The van der Waals surface area contributed by atoms with Crippen molar-refractivity contribution in [2.24, 2.45) is 17.6 Å². The molecule has 5 rings (SSSR count). The van der Waals surface area contributed by atoms with Crippen molar-refractivity contribution in [2.75, 3.05) is 25.0 Å². The third-order valence-electron chi connectivity index (χ3n) is 8.86. The number of nitrogens with one attached hydrogen (secondary N) is 1. The molecule has 2 aromatic rings. The second-order valence-corrected chi connectivity index (χ2v) is 11.1. The number of primary amides is 1. The molecule has 0 radical (unpaired) electrons. The summed E-state index contributed by atoms with van der Waals surface area (Å²) in [5, 5.41) is 3.05. The van der Waals surface area contributed by atoms with Gasteiger partial charge in [0.15, 0.2) is 0 Å². The summed E-state index contributed by atoms with van der Waals surface area (Å²) in [6, 6.07) is 12.5. The first-order valence-electron chi connectivity index (χ1n) is 14.1. The van der Waals surface area contributed by atoms with Gasteiger partial charge in [-0.05, 0) is 80.3 Å². The van der Waals surface area contributed by atoms with Crippen LogP contribution in [0.25, 0.3) is 0 Å². The molecule has 1 saturated carbocycles. The van der Waals surface area contributed by atoms with Crippen molar-refractivity contribution in [3.63, 3.8) is 0 Å². The molecule has 3 unspecified atom stereocenters. The summed E-state index contributed by atoms with van der Waals surface area (Å²) < 4.78 is 0. The Morgan fingerprint density at radius 2 is 1.84 bits per heavy atom. The number of likely N-dealkylation sites (tertiary alicyclic amines) is 1. The van der Waals surface area contributed by atoms with E-state index in [1.54, 1.807) is 7.05 Å². The van der Waals surface area contributed by atoms with Crippen LogP contribution >= 0.6 is 0 Å². The van der Waals surface area contributed by atoms with Crippen LogP contribution in [0.1, 0.15) is 74.1 Å². The summed E-state index contributed by atoms with van der Waals surface area (Å²) in [4.78, 5) is 35.4. The Kier molecular flexibility index (Phi) is 8.08. The van der Waals surface area contributed by atoms with Crippen LogP contribution in [-0.4, -0.2) is 47.9 Å². The molecule has 1 saturated heterocycles. The molecular formula is C30H41N5O2. The molecule has 0 bridgehead atoms. The van der Waals surface area contributed by atoms with Crippen LogP contribution in [0.15, 0.2) is 42.6 Å². The van der Waals surface area contributed by atoms with Crippen molar-refractivity contribution in [3.05, 3.63) is 59.3 Å². The summed E-state index contributed by atoms with van der Waals surface area (Å²) in [6.07, 6.45) is 11.0. The van der Waals surface area contributed by atoms with Crippen molar-refractivity contribution in [3.8, 4) is 0 Å². The fourth-order valence-electron chi connectivity index (χ4n) is 6.76. The largest absolute Gasteiger partial charge is 0.368 e. The molecule has 7 nitrogen and oxygen atoms in total. The highest BCUT2D eigenvalue weighted by molar-refractivity contribution is 5.83. The van der Waals surface area contributed by atoms with E-state index in [9.17, 15) is 9.59 Å². The van der Waals surface area contributed by atoms with Crippen LogP contribution in [0.3, 0.4) is 0 Å². The fourth-order valence-corrected chi connectivity index (χ4v) is 6.76. The molecule has 198 valence electrons. The lowest BCUT2D eigenvalue weighted by molar-refractivity contribution is -0.139. The topological polar surface area (TPSA) is 91.6 Å². The minimum absolute atomic E-state index is 0.0547. The maximum atomic E-state index is 14.1. The van der Waals surface area contributed by atoms with Gasteiger partial charge in [-0.15, -0.1) is 0 Å². The van der Waals surface area contributed by atoms with E-state index in [1.807, 2.05) is 6.20 Å². The monoisotopic (exact) mass is 503 g/mol. The molecule has 3 heterocycles. The molecule has 2 amide bonds. The zero-order valence-corrected chi connectivity index (χ0v) is 22.1. The molecule has 3 aliphatic rings. The normalized spacial score (nSPS) is 21.9. The van der Waals surface area contributed by atoms with E-state index < -0.39 is 6.04 Å². The van der Waals surface area contributed by atoms with Gasteiger partial charge in [-0.2, -0.15) is 0 Å². The van der Waals surface area contributed by atoms with Gasteiger partial charge in [-0.1, -0.05) is 43.5 Å². The third kappa shape index (κ3) is 5.66. The maximum absolute atomic E-state index is 14.1. The average molecular weight is 504 g/mol. The molecule has 37 heavy (non-hydrogen) atoms. The van der Waals surface area contributed by atoms with Gasteiger partial charge in [0.1, 0.15) is 5.82 Å². The molecule has 0 spiro atoms. The van der Waals surface area contributed by atoms with E-state index in [4.69, 9.17) is 10.7 Å². The fraction of sp³-hybridized carbons (Fsp3) is 0.567. The first kappa shape index (κ1) is 25.7. The number of fused-ring (bicyclic) bond motifs is 1. The SMILES string of the molecule is CNC(CC(C(=O)N1CCCC1c1ccnc(N2CCc3ccccc3C2)c1)C1CCCCC1)C(N)=O. The Labute approximate surface area is 220 Å². The molecule has 3 N–H and O–H groups in total. The van der Waals surface area contributed by atoms with Crippen LogP contribution in [0.4, 0.5) is 5.82 Å². The standard InChI is InChI=1S/C30H41N5O2/c1-32-26(29(31)36)19-25(22-9-3-2-4-10-22)30(37)35-16-7-12-27(35)23-13-15-33-28(18-23)34-17-14-21-8-5-6-11-24(21)20-34/h5-6,8,11,13,15,18,22,25-27,32H,2-4,7,9-10,12,14,16-17,19-20H2,1H3,(H2,31,36). The van der Waals surface area contributed by atoms with Crippen LogP contribution in [0.5, 0.6) is 0 Å². The highest BCUT2D eigenvalue weighted by Crippen LogP contribution is 2.39. The van der Waals surface area contributed by atoms with Crippen molar-refractivity contribution in [2.45, 2.75) is 76.4 Å². The van der Waals surface area contributed by atoms with Crippen molar-refractivity contribution < 1.29 is 9.59 Å². The van der Waals surface area contributed by atoms with Gasteiger partial charge in [0.05, 0.1) is 12.1 Å². The highest BCUT2D eigenvalue weighted by atomic mass is 16.2. The van der Waals surface area contributed by atoms with E-state index in [0.717, 1.165) is 76.0 Å². The highest BCUT2D eigenvalue weighted by Gasteiger charge is 2.39. The zero-order chi connectivity index (χ0) is 25.8. The second-order valence-electron chi connectivity index (χ2n) is 11.1. The number of hydrogen-bond donors (Lipinski definition) is 2. The number of anilines is 1. The molecule has 3 atom stereocenters. The van der Waals surface area contributed by atoms with E-state index in [0.29, 0.717) is 12.3 Å². The quantitative estimate of drug-likeness (QED) is 0.569. The molecule has 7 heteroatoms. The van der Waals surface area contributed by atoms with Gasteiger partial charge in [-0.25, -0.2) is 4.98 Å². The number of nitrogens with two attached hydrogens (primary N) is 1. The number of carbonyl (C=O) groups excluding carboxylic acids is 2. The van der Waals surface area contributed by atoms with Gasteiger partial charge in [0.25, 0.3) is 0 Å². The summed E-state index contributed by atoms with van der Waals surface area (Å²) in [6.45, 7) is 2.58. The van der Waals surface area contributed by atoms with E-state index in [-0.39, 0.29) is 23.8 Å². The first-order chi connectivity index (χ1) is 18.0. The molecule has 2 fully saturated rings. The summed E-state index contributed by atoms with van der Waals surface area (Å²) in [5.74, 6) is 0.945. The summed E-state index contributed by atoms with van der Waals surface area (Å²) >= 11 is 0. The van der Waals surface area contributed by atoms with Gasteiger partial charge >= 0.3 is 0 Å². The number of rotatable bonds is 8. The Bertz CT molecular complexity index is 1100. The van der Waals surface area contributed by atoms with E-state index in [1.165, 1.54) is 17.5 Å². The minimum atomic E-state index is -0.480. The van der Waals surface area contributed by atoms with E-state index >= 15 is 0 Å². The number of likely N-dealkylation sites (N-methyl/N-ethyl adjacent to an activating group) is 1. The van der Waals surface area contributed by atoms with Crippen LogP contribution in [-0.2, 0) is 22.6 Å². The Morgan fingerprint density at radius 3 is 2.59 bits per heavy atom. The Hall–Kier alpha value is -2.93. The molecule has 2 aliphatic heterocycles. The van der Waals surface area contributed by atoms with Gasteiger partial charge in [0, 0.05) is 31.7 Å². The summed E-state index contributed by atoms with van der Waals surface area (Å²) in [5.41, 5.74) is 9.63. The van der Waals surface area contributed by atoms with E-state index in [2.05, 4.69) is 51.5 Å². The lowest BCUT2D eigenvalue weighted by Gasteiger charge is -2.36. The predicted octanol–water partition coefficient (Wildman–Crippen LogP) is 3.97. The first-order valence-corrected chi connectivity index (χ1v) is 14.1. The van der Waals surface area contributed by atoms with Crippen molar-refractivity contribution in [1.82, 2.24) is 15.2 Å². The average Bonchev–Trinajstić information content (AvgIpc) is 3.44. The minimum Gasteiger partial charge on any atom is -0.368 e. The number of nitrogens with zero attached hydrogens (tertiary/aromatic N) is 3. The number of pyridine rings is 1. The Balaban J connectivity index is 1.36. The maximum Gasteiger partial charge on any atom is 0.234 e. The summed E-state index contributed by atoms with van der Waals surface area (Å²) in [7, 11) is 1.76. The number of aromatic nitrogens is 1. The van der Waals surface area contributed by atoms with Crippen LogP contribution in [0, 0.1) is 11.8 Å². The number of hydrogen-bond acceptors (Lipinski definition) is 5. The lowest BCUT2D eigenvalue weighted by Crippen LogP contribution is -2.46. The van der Waals surface area contributed by atoms with Gasteiger partial charge in [0.2, 0.25) is 11.8 Å². The number of carbonyl (C=O) groups is 2. The van der Waals surface area contributed by atoms with Crippen molar-refractivity contribution in [1.29, 1.82) is 0 Å².